The van der Waals surface area contributed by atoms with Gasteiger partial charge in [-0.15, -0.1) is 0 Å². The maximum atomic E-state index is 6.05. The highest BCUT2D eigenvalue weighted by atomic mass is 35.5. The third-order valence-electron chi connectivity index (χ3n) is 2.45. The van der Waals surface area contributed by atoms with Crippen molar-refractivity contribution in [3.8, 4) is 0 Å². The molecule has 17 heavy (non-hydrogen) atoms. The van der Waals surface area contributed by atoms with E-state index in [-0.39, 0.29) is 0 Å². The molecule has 92 valence electrons. The Kier molecular flexibility index (Phi) is 3.61. The van der Waals surface area contributed by atoms with Gasteiger partial charge in [-0.1, -0.05) is 29.3 Å². The molecular weight excluding hydrogens is 261 g/mol. The van der Waals surface area contributed by atoms with E-state index >= 15 is 0 Å². The number of hydrogen-bond donors (Lipinski definition) is 0. The van der Waals surface area contributed by atoms with Crippen LogP contribution in [0.5, 0.6) is 0 Å². The van der Waals surface area contributed by atoms with E-state index in [1.807, 2.05) is 13.8 Å². The van der Waals surface area contributed by atoms with Gasteiger partial charge in [-0.2, -0.15) is 0 Å². The number of benzene rings is 1. The van der Waals surface area contributed by atoms with Crippen LogP contribution in [0, 0.1) is 0 Å². The van der Waals surface area contributed by atoms with Crippen molar-refractivity contribution in [2.75, 3.05) is 13.2 Å². The molecule has 1 aromatic rings. The monoisotopic (exact) mass is 273 g/mol. The van der Waals surface area contributed by atoms with Crippen molar-refractivity contribution in [3.63, 3.8) is 0 Å². The molecule has 1 aliphatic heterocycles. The van der Waals surface area contributed by atoms with Gasteiger partial charge < -0.3 is 9.47 Å². The summed E-state index contributed by atoms with van der Waals surface area (Å²) in [6.45, 7) is 4.85. The van der Waals surface area contributed by atoms with Gasteiger partial charge in [0.1, 0.15) is 17.9 Å². The fourth-order valence-electron chi connectivity index (χ4n) is 1.53. The normalized spacial score (nSPS) is 21.3. The molecule has 0 unspecified atom stereocenters. The van der Waals surface area contributed by atoms with Gasteiger partial charge in [0.25, 0.3) is 0 Å². The van der Waals surface area contributed by atoms with Gasteiger partial charge >= 0.3 is 0 Å². The molecule has 0 spiro atoms. The molecule has 3 nitrogen and oxygen atoms in total. The summed E-state index contributed by atoms with van der Waals surface area (Å²) in [7, 11) is 0. The lowest BCUT2D eigenvalue weighted by atomic mass is 10.1. The largest absolute Gasteiger partial charge is 0.476 e. The van der Waals surface area contributed by atoms with Crippen LogP contribution >= 0.6 is 23.2 Å². The molecule has 0 saturated carbocycles. The quantitative estimate of drug-likeness (QED) is 0.778. The lowest BCUT2D eigenvalue weighted by molar-refractivity contribution is -0.0358. The van der Waals surface area contributed by atoms with E-state index in [0.717, 1.165) is 0 Å². The Hall–Kier alpha value is -0.770. The molecule has 1 aliphatic rings. The SMILES string of the molecule is CC1(C)OCCOC1=Nc1c(Cl)cccc1Cl. The summed E-state index contributed by atoms with van der Waals surface area (Å²) >= 11 is 12.1. The maximum absolute atomic E-state index is 6.05. The van der Waals surface area contributed by atoms with Crippen molar-refractivity contribution in [1.82, 2.24) is 0 Å². The standard InChI is InChI=1S/C12H13Cl2NO2/c1-12(2)11(16-6-7-17-12)15-10-8(13)4-3-5-9(10)14/h3-5H,6-7H2,1-2H3. The summed E-state index contributed by atoms with van der Waals surface area (Å²) in [4.78, 5) is 4.38. The molecule has 0 amide bonds. The Labute approximate surface area is 110 Å². The number of ether oxygens (including phenoxy) is 2. The van der Waals surface area contributed by atoms with E-state index in [0.29, 0.717) is 34.8 Å². The average Bonchev–Trinajstić information content (AvgIpc) is 2.25. The highest BCUT2D eigenvalue weighted by Crippen LogP contribution is 2.34. The summed E-state index contributed by atoms with van der Waals surface area (Å²) in [5.74, 6) is 0.499. The Morgan fingerprint density at radius 2 is 1.82 bits per heavy atom. The minimum atomic E-state index is -0.555. The van der Waals surface area contributed by atoms with Crippen molar-refractivity contribution in [1.29, 1.82) is 0 Å². The molecule has 1 heterocycles. The summed E-state index contributed by atoms with van der Waals surface area (Å²) in [5.41, 5.74) is -0.0368. The summed E-state index contributed by atoms with van der Waals surface area (Å²) in [6.07, 6.45) is 0. The van der Waals surface area contributed by atoms with Crippen LogP contribution in [0.15, 0.2) is 23.2 Å². The second-order valence-corrected chi connectivity index (χ2v) is 5.01. The van der Waals surface area contributed by atoms with Crippen LogP contribution in [0.2, 0.25) is 10.0 Å². The predicted octanol–water partition coefficient (Wildman–Crippen LogP) is 3.85. The van der Waals surface area contributed by atoms with Crippen LogP contribution in [0.25, 0.3) is 0 Å². The minimum Gasteiger partial charge on any atom is -0.476 e. The molecule has 1 saturated heterocycles. The number of para-hydroxylation sites is 1. The van der Waals surface area contributed by atoms with Gasteiger partial charge in [0, 0.05) is 0 Å². The summed E-state index contributed by atoms with van der Waals surface area (Å²) in [5, 5.41) is 0.991. The molecule has 0 bridgehead atoms. The maximum Gasteiger partial charge on any atom is 0.221 e. The second-order valence-electron chi connectivity index (χ2n) is 4.19. The number of aliphatic imine (C=N–C) groups is 1. The molecular formula is C12H13Cl2NO2. The number of hydrogen-bond acceptors (Lipinski definition) is 3. The van der Waals surface area contributed by atoms with Gasteiger partial charge in [-0.05, 0) is 26.0 Å². The van der Waals surface area contributed by atoms with Crippen molar-refractivity contribution in [3.05, 3.63) is 28.2 Å². The lowest BCUT2D eigenvalue weighted by Crippen LogP contribution is -2.42. The van der Waals surface area contributed by atoms with E-state index in [1.54, 1.807) is 18.2 Å². The molecule has 0 aliphatic carbocycles. The van der Waals surface area contributed by atoms with Gasteiger partial charge in [0.05, 0.1) is 16.7 Å². The van der Waals surface area contributed by atoms with Gasteiger partial charge in [0.15, 0.2) is 0 Å². The van der Waals surface area contributed by atoms with Crippen LogP contribution < -0.4 is 0 Å². The smallest absolute Gasteiger partial charge is 0.221 e. The lowest BCUT2D eigenvalue weighted by Gasteiger charge is -2.31. The van der Waals surface area contributed by atoms with Crippen LogP contribution in [-0.4, -0.2) is 24.7 Å². The zero-order valence-electron chi connectivity index (χ0n) is 9.67. The van der Waals surface area contributed by atoms with Crippen LogP contribution in [0.4, 0.5) is 5.69 Å². The van der Waals surface area contributed by atoms with Gasteiger partial charge in [-0.3, -0.25) is 0 Å². The van der Waals surface area contributed by atoms with Crippen LogP contribution in [0.1, 0.15) is 13.8 Å². The first-order valence-electron chi connectivity index (χ1n) is 5.30. The number of halogens is 2. The van der Waals surface area contributed by atoms with Crippen LogP contribution in [-0.2, 0) is 9.47 Å². The third kappa shape index (κ3) is 2.73. The van der Waals surface area contributed by atoms with E-state index in [9.17, 15) is 0 Å². The highest BCUT2D eigenvalue weighted by molar-refractivity contribution is 6.38. The third-order valence-corrected chi connectivity index (χ3v) is 3.06. The van der Waals surface area contributed by atoms with Crippen molar-refractivity contribution < 1.29 is 9.47 Å². The fourth-order valence-corrected chi connectivity index (χ4v) is 2.02. The molecule has 0 radical (unpaired) electrons. The Bertz CT molecular complexity index is 438. The average molecular weight is 274 g/mol. The summed E-state index contributed by atoms with van der Waals surface area (Å²) in [6, 6.07) is 5.25. The van der Waals surface area contributed by atoms with Crippen molar-refractivity contribution in [2.24, 2.45) is 4.99 Å². The first-order chi connectivity index (χ1) is 8.00. The Balaban J connectivity index is 2.41. The minimum absolute atomic E-state index is 0.490. The molecule has 1 fully saturated rings. The second kappa shape index (κ2) is 4.84. The first kappa shape index (κ1) is 12.7. The highest BCUT2D eigenvalue weighted by Gasteiger charge is 2.32. The molecule has 0 atom stereocenters. The fraction of sp³-hybridized carbons (Fsp3) is 0.417. The van der Waals surface area contributed by atoms with Crippen molar-refractivity contribution >= 4 is 34.8 Å². The van der Waals surface area contributed by atoms with Gasteiger partial charge in [-0.25, -0.2) is 4.99 Å². The molecule has 0 aromatic heterocycles. The van der Waals surface area contributed by atoms with E-state index in [4.69, 9.17) is 32.7 Å². The Morgan fingerprint density at radius 1 is 1.18 bits per heavy atom. The topological polar surface area (TPSA) is 30.8 Å². The van der Waals surface area contributed by atoms with Gasteiger partial charge in [0.2, 0.25) is 5.90 Å². The van der Waals surface area contributed by atoms with E-state index in [1.165, 1.54) is 0 Å². The molecule has 5 heteroatoms. The Morgan fingerprint density at radius 3 is 2.41 bits per heavy atom. The molecule has 1 aromatic carbocycles. The van der Waals surface area contributed by atoms with E-state index < -0.39 is 5.60 Å². The number of rotatable bonds is 1. The zero-order valence-corrected chi connectivity index (χ0v) is 11.2. The summed E-state index contributed by atoms with van der Waals surface area (Å²) < 4.78 is 11.1. The molecule has 2 rings (SSSR count). The van der Waals surface area contributed by atoms with E-state index in [2.05, 4.69) is 4.99 Å². The number of nitrogens with zero attached hydrogens (tertiary/aromatic N) is 1. The predicted molar refractivity (Wildman–Crippen MR) is 69.5 cm³/mol. The van der Waals surface area contributed by atoms with Crippen molar-refractivity contribution in [2.45, 2.75) is 19.4 Å². The zero-order chi connectivity index (χ0) is 12.5. The first-order valence-corrected chi connectivity index (χ1v) is 6.06. The van der Waals surface area contributed by atoms with Crippen LogP contribution in [0.3, 0.4) is 0 Å². The molecule has 0 N–H and O–H groups in total.